The Kier molecular flexibility index (Phi) is 4.09. The van der Waals surface area contributed by atoms with Gasteiger partial charge in [-0.1, -0.05) is 11.6 Å². The molecule has 1 aliphatic rings. The molecule has 2 heterocycles. The highest BCUT2D eigenvalue weighted by atomic mass is 35.5. The van der Waals surface area contributed by atoms with E-state index in [2.05, 4.69) is 31.5 Å². The molecule has 1 aliphatic heterocycles. The summed E-state index contributed by atoms with van der Waals surface area (Å²) in [5.41, 5.74) is 9.79. The molecule has 0 radical (unpaired) electrons. The lowest BCUT2D eigenvalue weighted by atomic mass is 10.2. The maximum atomic E-state index is 14.0. The van der Waals surface area contributed by atoms with Gasteiger partial charge in [0.1, 0.15) is 0 Å². The molecule has 4 N–H and O–H groups in total. The predicted octanol–water partition coefficient (Wildman–Crippen LogP) is 4.19. The molecule has 0 spiro atoms. The summed E-state index contributed by atoms with van der Waals surface area (Å²) >= 11 is 5.86. The van der Waals surface area contributed by atoms with E-state index in [1.807, 2.05) is 18.2 Å². The molecule has 126 valence electrons. The molecular formula is C17H14ClFN6. The first kappa shape index (κ1) is 15.6. The molecule has 0 bridgehead atoms. The van der Waals surface area contributed by atoms with Gasteiger partial charge in [0.05, 0.1) is 11.9 Å². The van der Waals surface area contributed by atoms with Gasteiger partial charge in [-0.05, 0) is 48.0 Å². The van der Waals surface area contributed by atoms with Crippen LogP contribution in [0.3, 0.4) is 0 Å². The molecule has 0 atom stereocenters. The van der Waals surface area contributed by atoms with Crippen LogP contribution in [0.1, 0.15) is 5.56 Å². The van der Waals surface area contributed by atoms with E-state index in [4.69, 9.17) is 11.6 Å². The minimum atomic E-state index is -0.539. The SMILES string of the molecule is Fc1cnc(Nc2ccc3c(c2)CNN3)nc1Nc1ccc(Cl)cc1. The van der Waals surface area contributed by atoms with Gasteiger partial charge >= 0.3 is 0 Å². The largest absolute Gasteiger partial charge is 0.338 e. The van der Waals surface area contributed by atoms with E-state index in [1.54, 1.807) is 24.3 Å². The number of aromatic nitrogens is 2. The van der Waals surface area contributed by atoms with Crippen molar-refractivity contribution in [1.82, 2.24) is 15.4 Å². The van der Waals surface area contributed by atoms with Gasteiger partial charge in [-0.25, -0.2) is 14.8 Å². The summed E-state index contributed by atoms with van der Waals surface area (Å²) in [5, 5.41) is 6.62. The van der Waals surface area contributed by atoms with Crippen LogP contribution in [0.5, 0.6) is 0 Å². The first-order chi connectivity index (χ1) is 12.2. The zero-order valence-corrected chi connectivity index (χ0v) is 13.7. The van der Waals surface area contributed by atoms with E-state index in [0.717, 1.165) is 29.7 Å². The number of hydrogen-bond donors (Lipinski definition) is 4. The molecule has 4 rings (SSSR count). The number of rotatable bonds is 4. The Hall–Kier alpha value is -2.90. The van der Waals surface area contributed by atoms with Gasteiger partial charge in [-0.15, -0.1) is 0 Å². The fourth-order valence-corrected chi connectivity index (χ4v) is 2.61. The highest BCUT2D eigenvalue weighted by Crippen LogP contribution is 2.26. The number of hydrazine groups is 1. The van der Waals surface area contributed by atoms with Crippen LogP contribution in [-0.4, -0.2) is 9.97 Å². The van der Waals surface area contributed by atoms with Crippen molar-refractivity contribution in [2.75, 3.05) is 16.1 Å². The Morgan fingerprint density at radius 1 is 1.04 bits per heavy atom. The molecule has 1 aromatic heterocycles. The van der Waals surface area contributed by atoms with Crippen molar-refractivity contribution < 1.29 is 4.39 Å². The summed E-state index contributed by atoms with van der Waals surface area (Å²) in [6.07, 6.45) is 1.13. The van der Waals surface area contributed by atoms with E-state index in [-0.39, 0.29) is 5.82 Å². The topological polar surface area (TPSA) is 73.9 Å². The Morgan fingerprint density at radius 3 is 2.68 bits per heavy atom. The van der Waals surface area contributed by atoms with Crippen molar-refractivity contribution >= 4 is 40.4 Å². The molecule has 0 amide bonds. The summed E-state index contributed by atoms with van der Waals surface area (Å²) in [5.74, 6) is -0.149. The second-order valence-corrected chi connectivity index (χ2v) is 5.93. The van der Waals surface area contributed by atoms with E-state index < -0.39 is 5.82 Å². The fraction of sp³-hybridized carbons (Fsp3) is 0.0588. The van der Waals surface area contributed by atoms with Gasteiger partial charge in [0.2, 0.25) is 5.95 Å². The Bertz CT molecular complexity index is 916. The van der Waals surface area contributed by atoms with Crippen LogP contribution >= 0.6 is 11.6 Å². The Balaban J connectivity index is 1.55. The van der Waals surface area contributed by atoms with Crippen molar-refractivity contribution in [3.63, 3.8) is 0 Å². The minimum absolute atomic E-state index is 0.0873. The van der Waals surface area contributed by atoms with Crippen LogP contribution in [0.15, 0.2) is 48.7 Å². The average molecular weight is 357 g/mol. The molecule has 0 saturated heterocycles. The van der Waals surface area contributed by atoms with Crippen LogP contribution in [-0.2, 0) is 6.54 Å². The van der Waals surface area contributed by atoms with E-state index in [1.165, 1.54) is 0 Å². The highest BCUT2D eigenvalue weighted by Gasteiger charge is 2.11. The molecule has 0 unspecified atom stereocenters. The molecule has 0 aliphatic carbocycles. The third-order valence-corrected chi connectivity index (χ3v) is 3.97. The van der Waals surface area contributed by atoms with E-state index >= 15 is 0 Å². The zero-order chi connectivity index (χ0) is 17.2. The van der Waals surface area contributed by atoms with Gasteiger partial charge in [0, 0.05) is 22.9 Å². The smallest absolute Gasteiger partial charge is 0.229 e. The fourth-order valence-electron chi connectivity index (χ4n) is 2.49. The molecule has 0 saturated carbocycles. The van der Waals surface area contributed by atoms with Crippen molar-refractivity contribution in [2.24, 2.45) is 0 Å². The lowest BCUT2D eigenvalue weighted by molar-refractivity contribution is 0.619. The Labute approximate surface area is 148 Å². The summed E-state index contributed by atoms with van der Waals surface area (Å²) in [6, 6.07) is 12.8. The number of benzene rings is 2. The van der Waals surface area contributed by atoms with Crippen LogP contribution < -0.4 is 21.5 Å². The maximum absolute atomic E-state index is 14.0. The Morgan fingerprint density at radius 2 is 1.84 bits per heavy atom. The van der Waals surface area contributed by atoms with Crippen molar-refractivity contribution in [3.8, 4) is 0 Å². The number of anilines is 5. The average Bonchev–Trinajstić information content (AvgIpc) is 3.07. The second-order valence-electron chi connectivity index (χ2n) is 5.50. The maximum Gasteiger partial charge on any atom is 0.229 e. The predicted molar refractivity (Wildman–Crippen MR) is 96.9 cm³/mol. The third-order valence-electron chi connectivity index (χ3n) is 3.71. The van der Waals surface area contributed by atoms with Gasteiger partial charge < -0.3 is 16.1 Å². The summed E-state index contributed by atoms with van der Waals surface area (Å²) in [6.45, 7) is 0.735. The van der Waals surface area contributed by atoms with E-state index in [9.17, 15) is 4.39 Å². The lowest BCUT2D eigenvalue weighted by Gasteiger charge is -2.10. The van der Waals surface area contributed by atoms with Gasteiger partial charge in [-0.2, -0.15) is 4.98 Å². The summed E-state index contributed by atoms with van der Waals surface area (Å²) < 4.78 is 14.0. The molecule has 6 nitrogen and oxygen atoms in total. The van der Waals surface area contributed by atoms with Crippen LogP contribution in [0.2, 0.25) is 5.02 Å². The molecule has 25 heavy (non-hydrogen) atoms. The first-order valence-electron chi connectivity index (χ1n) is 7.61. The zero-order valence-electron chi connectivity index (χ0n) is 13.0. The van der Waals surface area contributed by atoms with Crippen LogP contribution in [0.25, 0.3) is 0 Å². The normalized spacial score (nSPS) is 12.4. The minimum Gasteiger partial charge on any atom is -0.338 e. The molecule has 3 aromatic rings. The number of nitrogens with one attached hydrogen (secondary N) is 4. The number of fused-ring (bicyclic) bond motifs is 1. The van der Waals surface area contributed by atoms with Gasteiger partial charge in [-0.3, -0.25) is 0 Å². The second kappa shape index (κ2) is 6.54. The van der Waals surface area contributed by atoms with Crippen molar-refractivity contribution in [2.45, 2.75) is 6.54 Å². The molecule has 8 heteroatoms. The first-order valence-corrected chi connectivity index (χ1v) is 7.99. The molecular weight excluding hydrogens is 343 g/mol. The van der Waals surface area contributed by atoms with Crippen molar-refractivity contribution in [3.05, 3.63) is 65.1 Å². The highest BCUT2D eigenvalue weighted by molar-refractivity contribution is 6.30. The summed E-state index contributed by atoms with van der Waals surface area (Å²) in [7, 11) is 0. The molecule has 2 aromatic carbocycles. The summed E-state index contributed by atoms with van der Waals surface area (Å²) in [4.78, 5) is 8.20. The third kappa shape index (κ3) is 3.47. The number of hydrogen-bond acceptors (Lipinski definition) is 6. The van der Waals surface area contributed by atoms with Gasteiger partial charge in [0.25, 0.3) is 0 Å². The molecule has 0 fully saturated rings. The number of halogens is 2. The van der Waals surface area contributed by atoms with Crippen molar-refractivity contribution in [1.29, 1.82) is 0 Å². The monoisotopic (exact) mass is 356 g/mol. The number of nitrogens with zero attached hydrogens (tertiary/aromatic N) is 2. The van der Waals surface area contributed by atoms with E-state index in [0.29, 0.717) is 16.7 Å². The lowest BCUT2D eigenvalue weighted by Crippen LogP contribution is -2.10. The van der Waals surface area contributed by atoms with Gasteiger partial charge in [0.15, 0.2) is 11.6 Å². The van der Waals surface area contributed by atoms with Crippen LogP contribution in [0.4, 0.5) is 33.2 Å². The van der Waals surface area contributed by atoms with Crippen LogP contribution in [0, 0.1) is 5.82 Å². The quantitative estimate of drug-likeness (QED) is 0.562. The standard InChI is InChI=1S/C17H14ClFN6/c18-11-1-3-12(4-2-11)22-16-14(19)9-20-17(24-16)23-13-5-6-15-10(7-13)8-21-25-15/h1-7,9,21,25H,8H2,(H2,20,22,23,24).